The molecule has 1 aromatic rings. The normalized spacial score (nSPS) is 18.9. The van der Waals surface area contributed by atoms with Crippen molar-refractivity contribution >= 4 is 11.7 Å². The van der Waals surface area contributed by atoms with Crippen LogP contribution in [0.25, 0.3) is 0 Å². The predicted molar refractivity (Wildman–Crippen MR) is 63.0 cm³/mol. The number of hydrogen-bond donors (Lipinski definition) is 3. The van der Waals surface area contributed by atoms with Crippen molar-refractivity contribution in [3.05, 3.63) is 6.20 Å². The number of nitrogens with one attached hydrogen (secondary N) is 1. The molecule has 0 bridgehead atoms. The topological polar surface area (TPSA) is 87.5 Å². The van der Waals surface area contributed by atoms with Gasteiger partial charge in [-0.3, -0.25) is 0 Å². The van der Waals surface area contributed by atoms with E-state index in [2.05, 4.69) is 14.1 Å². The maximum Gasteiger partial charge on any atom is 0.245 e. The lowest BCUT2D eigenvalue weighted by Crippen LogP contribution is -2.36. The first kappa shape index (κ1) is 12.7. The van der Waals surface area contributed by atoms with E-state index in [4.69, 9.17) is 4.74 Å². The van der Waals surface area contributed by atoms with Crippen LogP contribution in [0.5, 0.6) is 5.88 Å². The molecule has 0 saturated heterocycles. The van der Waals surface area contributed by atoms with Crippen LogP contribution in [0.1, 0.15) is 12.8 Å². The van der Waals surface area contributed by atoms with Crippen LogP contribution < -0.4 is 10.1 Å². The summed E-state index contributed by atoms with van der Waals surface area (Å²) < 4.78 is 12.9. The Bertz CT molecular complexity index is 319. The minimum absolute atomic E-state index is 0.179. The summed E-state index contributed by atoms with van der Waals surface area (Å²) in [6, 6.07) is 0. The lowest BCUT2D eigenvalue weighted by Gasteiger charge is -2.14. The fraction of sp³-hybridized carbons (Fsp3) is 0.800. The van der Waals surface area contributed by atoms with E-state index in [-0.39, 0.29) is 12.7 Å². The highest BCUT2D eigenvalue weighted by Gasteiger charge is 2.29. The highest BCUT2D eigenvalue weighted by molar-refractivity contribution is 6.99. The van der Waals surface area contributed by atoms with Gasteiger partial charge in [-0.05, 0) is 18.8 Å². The van der Waals surface area contributed by atoms with Gasteiger partial charge in [-0.15, -0.1) is 4.37 Å². The van der Waals surface area contributed by atoms with Crippen LogP contribution >= 0.6 is 11.7 Å². The van der Waals surface area contributed by atoms with E-state index in [1.807, 2.05) is 0 Å². The zero-order valence-electron chi connectivity index (χ0n) is 9.45. The second-order valence-corrected chi connectivity index (χ2v) is 4.83. The Balaban J connectivity index is 1.52. The van der Waals surface area contributed by atoms with E-state index in [9.17, 15) is 10.2 Å². The molecule has 2 rings (SSSR count). The first-order chi connectivity index (χ1) is 8.25. The van der Waals surface area contributed by atoms with Crippen molar-refractivity contribution in [1.82, 2.24) is 14.1 Å². The number of aromatic nitrogens is 2. The summed E-state index contributed by atoms with van der Waals surface area (Å²) in [5, 5.41) is 22.2. The number of hydrogen-bond acceptors (Lipinski definition) is 7. The predicted octanol–water partition coefficient (Wildman–Crippen LogP) is -0.362. The molecule has 2 atom stereocenters. The summed E-state index contributed by atoms with van der Waals surface area (Å²) >= 11 is 1.07. The molecule has 1 aliphatic carbocycles. The summed E-state index contributed by atoms with van der Waals surface area (Å²) in [5.41, 5.74) is 0. The van der Waals surface area contributed by atoms with E-state index in [0.717, 1.165) is 24.6 Å². The van der Waals surface area contributed by atoms with Gasteiger partial charge < -0.3 is 20.3 Å². The van der Waals surface area contributed by atoms with E-state index in [1.165, 1.54) is 6.20 Å². The summed E-state index contributed by atoms with van der Waals surface area (Å²) in [7, 11) is 0. The highest BCUT2D eigenvalue weighted by Crippen LogP contribution is 2.32. The van der Waals surface area contributed by atoms with Crippen LogP contribution in [0.15, 0.2) is 6.20 Å². The van der Waals surface area contributed by atoms with Crippen molar-refractivity contribution in [3.8, 4) is 5.88 Å². The third-order valence-electron chi connectivity index (χ3n) is 2.66. The Hall–Kier alpha value is -0.760. The largest absolute Gasteiger partial charge is 0.473 e. The Morgan fingerprint density at radius 1 is 1.47 bits per heavy atom. The van der Waals surface area contributed by atoms with Gasteiger partial charge in [0.25, 0.3) is 0 Å². The molecule has 1 aromatic heterocycles. The second-order valence-electron chi connectivity index (χ2n) is 4.27. The molecule has 2 unspecified atom stereocenters. The lowest BCUT2D eigenvalue weighted by atomic mass is 10.2. The average molecular weight is 259 g/mol. The standard InChI is InChI=1S/C10H17N3O3S/c14-8(6-16-10-5-12-17-13-10)3-11-4-9(15)7-1-2-7/h5,7-9,11,14-15H,1-4,6H2. The van der Waals surface area contributed by atoms with Crippen LogP contribution in [0.2, 0.25) is 0 Å². The molecule has 1 aliphatic rings. The quantitative estimate of drug-likeness (QED) is 0.591. The number of nitrogens with zero attached hydrogens (tertiary/aromatic N) is 2. The SMILES string of the molecule is OC(CNCC(O)C1CC1)COc1cnsn1. The molecule has 96 valence electrons. The van der Waals surface area contributed by atoms with Gasteiger partial charge in [-0.1, -0.05) is 0 Å². The lowest BCUT2D eigenvalue weighted by molar-refractivity contribution is 0.0950. The molecule has 0 spiro atoms. The Kier molecular flexibility index (Phi) is 4.66. The van der Waals surface area contributed by atoms with Gasteiger partial charge in [0.2, 0.25) is 5.88 Å². The molecule has 1 fully saturated rings. The van der Waals surface area contributed by atoms with Gasteiger partial charge in [0.1, 0.15) is 18.9 Å². The van der Waals surface area contributed by atoms with Crippen molar-refractivity contribution in [2.24, 2.45) is 5.92 Å². The third-order valence-corrected chi connectivity index (χ3v) is 3.13. The zero-order valence-corrected chi connectivity index (χ0v) is 10.3. The van der Waals surface area contributed by atoms with Crippen molar-refractivity contribution in [2.75, 3.05) is 19.7 Å². The molecule has 17 heavy (non-hydrogen) atoms. The zero-order chi connectivity index (χ0) is 12.1. The van der Waals surface area contributed by atoms with Gasteiger partial charge >= 0.3 is 0 Å². The number of rotatable bonds is 8. The molecule has 3 N–H and O–H groups in total. The summed E-state index contributed by atoms with van der Waals surface area (Å²) in [4.78, 5) is 0. The minimum Gasteiger partial charge on any atom is -0.473 e. The number of aliphatic hydroxyl groups excluding tert-OH is 2. The molecule has 6 nitrogen and oxygen atoms in total. The summed E-state index contributed by atoms with van der Waals surface area (Å²) in [6.07, 6.45) is 2.85. The van der Waals surface area contributed by atoms with Gasteiger partial charge in [0.15, 0.2) is 0 Å². The van der Waals surface area contributed by atoms with E-state index in [0.29, 0.717) is 24.9 Å². The van der Waals surface area contributed by atoms with E-state index >= 15 is 0 Å². The van der Waals surface area contributed by atoms with Crippen molar-refractivity contribution < 1.29 is 14.9 Å². The Morgan fingerprint density at radius 2 is 2.29 bits per heavy atom. The van der Waals surface area contributed by atoms with Crippen LogP contribution in [0.3, 0.4) is 0 Å². The molecule has 0 amide bonds. The van der Waals surface area contributed by atoms with Gasteiger partial charge in [0, 0.05) is 13.1 Å². The number of aliphatic hydroxyl groups is 2. The maximum atomic E-state index is 9.60. The molecule has 0 aliphatic heterocycles. The summed E-state index contributed by atoms with van der Waals surface area (Å²) in [5.74, 6) is 0.893. The average Bonchev–Trinajstić information content (AvgIpc) is 3.04. The molecule has 7 heteroatoms. The molecule has 1 saturated carbocycles. The molecule has 1 heterocycles. The third kappa shape index (κ3) is 4.55. The smallest absolute Gasteiger partial charge is 0.245 e. The van der Waals surface area contributed by atoms with Gasteiger partial charge in [-0.25, -0.2) is 0 Å². The van der Waals surface area contributed by atoms with Crippen LogP contribution in [-0.2, 0) is 0 Å². The highest BCUT2D eigenvalue weighted by atomic mass is 32.1. The molecular weight excluding hydrogens is 242 g/mol. The van der Waals surface area contributed by atoms with Crippen molar-refractivity contribution in [3.63, 3.8) is 0 Å². The van der Waals surface area contributed by atoms with Crippen molar-refractivity contribution in [1.29, 1.82) is 0 Å². The molecular formula is C10H17N3O3S. The Morgan fingerprint density at radius 3 is 2.94 bits per heavy atom. The number of ether oxygens (including phenoxy) is 1. The first-order valence-electron chi connectivity index (χ1n) is 5.73. The van der Waals surface area contributed by atoms with Gasteiger partial charge in [-0.2, -0.15) is 4.37 Å². The van der Waals surface area contributed by atoms with Crippen molar-refractivity contribution in [2.45, 2.75) is 25.0 Å². The Labute approximate surface area is 104 Å². The van der Waals surface area contributed by atoms with Gasteiger partial charge in [0.05, 0.1) is 17.8 Å². The minimum atomic E-state index is -0.608. The van der Waals surface area contributed by atoms with Crippen LogP contribution in [0.4, 0.5) is 0 Å². The fourth-order valence-corrected chi connectivity index (χ4v) is 1.87. The molecule has 0 radical (unpaired) electrons. The maximum absolute atomic E-state index is 9.60. The first-order valence-corrected chi connectivity index (χ1v) is 6.46. The second kappa shape index (κ2) is 6.25. The van der Waals surface area contributed by atoms with Crippen LogP contribution in [0, 0.1) is 5.92 Å². The fourth-order valence-electron chi connectivity index (χ4n) is 1.51. The van der Waals surface area contributed by atoms with E-state index in [1.54, 1.807) is 0 Å². The van der Waals surface area contributed by atoms with Crippen LogP contribution in [-0.4, -0.2) is 50.9 Å². The summed E-state index contributed by atoms with van der Waals surface area (Å²) in [6.45, 7) is 1.11. The molecule has 0 aromatic carbocycles. The monoisotopic (exact) mass is 259 g/mol. The van der Waals surface area contributed by atoms with E-state index < -0.39 is 6.10 Å².